The summed E-state index contributed by atoms with van der Waals surface area (Å²) < 4.78 is 5.52. The summed E-state index contributed by atoms with van der Waals surface area (Å²) in [5.41, 5.74) is 2.19. The Morgan fingerprint density at radius 3 is 2.74 bits per heavy atom. The van der Waals surface area contributed by atoms with Gasteiger partial charge in [-0.15, -0.1) is 5.10 Å². The zero-order valence-corrected chi connectivity index (χ0v) is 10.9. The van der Waals surface area contributed by atoms with E-state index in [0.717, 1.165) is 11.3 Å². The molecule has 0 spiro atoms. The van der Waals surface area contributed by atoms with Gasteiger partial charge in [0.1, 0.15) is 18.4 Å². The number of hydrogen-bond acceptors (Lipinski definition) is 5. The quantitative estimate of drug-likeness (QED) is 0.838. The Bertz CT molecular complexity index is 587. The Kier molecular flexibility index (Phi) is 4.04. The fourth-order valence-corrected chi connectivity index (χ4v) is 1.50. The molecule has 5 nitrogen and oxygen atoms in total. The molecule has 0 aliphatic carbocycles. The monoisotopic (exact) mass is 254 g/mol. The van der Waals surface area contributed by atoms with Crippen molar-refractivity contribution in [3.8, 4) is 11.9 Å². The number of ether oxygens (including phenoxy) is 1. The van der Waals surface area contributed by atoms with Crippen molar-refractivity contribution in [2.24, 2.45) is 0 Å². The molecule has 0 fully saturated rings. The summed E-state index contributed by atoms with van der Waals surface area (Å²) in [4.78, 5) is 3.90. The van der Waals surface area contributed by atoms with Crippen molar-refractivity contribution in [1.29, 1.82) is 5.26 Å². The van der Waals surface area contributed by atoms with Gasteiger partial charge in [0.2, 0.25) is 5.88 Å². The molecule has 5 heteroatoms. The van der Waals surface area contributed by atoms with Crippen LogP contribution < -0.4 is 4.74 Å². The Labute approximate surface area is 111 Å². The van der Waals surface area contributed by atoms with Gasteiger partial charge in [-0.1, -0.05) is 13.8 Å². The van der Waals surface area contributed by atoms with Crippen LogP contribution in [0.4, 0.5) is 0 Å². The molecule has 0 N–H and O–H groups in total. The van der Waals surface area contributed by atoms with E-state index in [1.54, 1.807) is 24.4 Å². The maximum absolute atomic E-state index is 8.75. The lowest BCUT2D eigenvalue weighted by Crippen LogP contribution is -2.01. The highest BCUT2D eigenvalue weighted by Crippen LogP contribution is 2.14. The minimum Gasteiger partial charge on any atom is -0.472 e. The van der Waals surface area contributed by atoms with E-state index in [9.17, 15) is 0 Å². The summed E-state index contributed by atoms with van der Waals surface area (Å²) in [5.74, 6) is 0.819. The van der Waals surface area contributed by atoms with Crippen molar-refractivity contribution >= 4 is 0 Å². The second-order valence-corrected chi connectivity index (χ2v) is 4.40. The Balaban J connectivity index is 2.00. The minimum absolute atomic E-state index is 0.340. The fraction of sp³-hybridized carbons (Fsp3) is 0.286. The Morgan fingerprint density at radius 2 is 2.11 bits per heavy atom. The molecule has 2 heterocycles. The average Bonchev–Trinajstić information content (AvgIpc) is 2.46. The number of nitriles is 1. The van der Waals surface area contributed by atoms with Crippen molar-refractivity contribution in [3.63, 3.8) is 0 Å². The smallest absolute Gasteiger partial charge is 0.233 e. The van der Waals surface area contributed by atoms with Crippen LogP contribution in [0.1, 0.15) is 36.7 Å². The Hall–Kier alpha value is -2.48. The van der Waals surface area contributed by atoms with E-state index in [0.29, 0.717) is 24.1 Å². The Morgan fingerprint density at radius 1 is 1.26 bits per heavy atom. The number of pyridine rings is 1. The highest BCUT2D eigenvalue weighted by molar-refractivity contribution is 5.25. The van der Waals surface area contributed by atoms with Crippen LogP contribution in [0, 0.1) is 11.3 Å². The number of nitrogens with zero attached hydrogens (tertiary/aromatic N) is 4. The standard InChI is InChI=1S/C14H14N4O/c1-10(2)13-3-4-14(18-17-13)19-9-11-5-6-16-12(7-11)8-15/h3-7,10H,9H2,1-2H3. The van der Waals surface area contributed by atoms with Crippen molar-refractivity contribution in [2.75, 3.05) is 0 Å². The predicted molar refractivity (Wildman–Crippen MR) is 69.4 cm³/mol. The van der Waals surface area contributed by atoms with Crippen LogP contribution in [0.5, 0.6) is 5.88 Å². The van der Waals surface area contributed by atoms with Gasteiger partial charge in [0.25, 0.3) is 0 Å². The van der Waals surface area contributed by atoms with E-state index >= 15 is 0 Å². The molecule has 0 bridgehead atoms. The largest absolute Gasteiger partial charge is 0.472 e. The van der Waals surface area contributed by atoms with Gasteiger partial charge in [-0.05, 0) is 29.7 Å². The zero-order valence-electron chi connectivity index (χ0n) is 10.9. The first-order valence-electron chi connectivity index (χ1n) is 6.00. The molecule has 2 aromatic rings. The van der Waals surface area contributed by atoms with Crippen LogP contribution in [0.3, 0.4) is 0 Å². The minimum atomic E-state index is 0.340. The van der Waals surface area contributed by atoms with Crippen LogP contribution >= 0.6 is 0 Å². The predicted octanol–water partition coefficient (Wildman–Crippen LogP) is 2.45. The third kappa shape index (κ3) is 3.49. The molecule has 0 saturated carbocycles. The van der Waals surface area contributed by atoms with Crippen LogP contribution in [0.15, 0.2) is 30.5 Å². The van der Waals surface area contributed by atoms with Crippen molar-refractivity contribution < 1.29 is 4.74 Å². The fourth-order valence-electron chi connectivity index (χ4n) is 1.50. The molecular weight excluding hydrogens is 240 g/mol. The molecule has 0 aliphatic rings. The molecule has 2 aromatic heterocycles. The molecular formula is C14H14N4O. The van der Waals surface area contributed by atoms with Crippen molar-refractivity contribution in [1.82, 2.24) is 15.2 Å². The summed E-state index contributed by atoms with van der Waals surface area (Å²) in [6.07, 6.45) is 1.59. The van der Waals surface area contributed by atoms with Gasteiger partial charge < -0.3 is 4.74 Å². The first-order valence-corrected chi connectivity index (χ1v) is 6.00. The third-order valence-electron chi connectivity index (χ3n) is 2.58. The van der Waals surface area contributed by atoms with E-state index in [2.05, 4.69) is 29.0 Å². The maximum Gasteiger partial charge on any atom is 0.233 e. The summed E-state index contributed by atoms with van der Waals surface area (Å²) in [7, 11) is 0. The molecule has 2 rings (SSSR count). The molecule has 0 atom stereocenters. The SMILES string of the molecule is CC(C)c1ccc(OCc2ccnc(C#N)c2)nn1. The molecule has 0 aliphatic heterocycles. The van der Waals surface area contributed by atoms with E-state index in [-0.39, 0.29) is 0 Å². The van der Waals surface area contributed by atoms with Gasteiger partial charge in [-0.3, -0.25) is 0 Å². The van der Waals surface area contributed by atoms with E-state index in [4.69, 9.17) is 10.00 Å². The molecule has 96 valence electrons. The lowest BCUT2D eigenvalue weighted by Gasteiger charge is -2.06. The number of rotatable bonds is 4. The molecule has 0 saturated heterocycles. The van der Waals surface area contributed by atoms with E-state index in [1.807, 2.05) is 12.1 Å². The van der Waals surface area contributed by atoms with Crippen molar-refractivity contribution in [2.45, 2.75) is 26.4 Å². The number of aromatic nitrogens is 3. The van der Waals surface area contributed by atoms with Crippen LogP contribution in [0.25, 0.3) is 0 Å². The topological polar surface area (TPSA) is 71.7 Å². The molecule has 0 radical (unpaired) electrons. The van der Waals surface area contributed by atoms with Gasteiger partial charge in [0.15, 0.2) is 0 Å². The first-order chi connectivity index (χ1) is 9.19. The second kappa shape index (κ2) is 5.91. The summed E-state index contributed by atoms with van der Waals surface area (Å²) >= 11 is 0. The lowest BCUT2D eigenvalue weighted by molar-refractivity contribution is 0.289. The van der Waals surface area contributed by atoms with Gasteiger partial charge in [-0.25, -0.2) is 4.98 Å². The second-order valence-electron chi connectivity index (χ2n) is 4.40. The van der Waals surface area contributed by atoms with Gasteiger partial charge in [-0.2, -0.15) is 10.4 Å². The highest BCUT2D eigenvalue weighted by Gasteiger charge is 2.03. The molecule has 19 heavy (non-hydrogen) atoms. The van der Waals surface area contributed by atoms with Crippen LogP contribution in [-0.2, 0) is 6.61 Å². The highest BCUT2D eigenvalue weighted by atomic mass is 16.5. The number of hydrogen-bond donors (Lipinski definition) is 0. The van der Waals surface area contributed by atoms with Gasteiger partial charge in [0, 0.05) is 12.3 Å². The van der Waals surface area contributed by atoms with Crippen LogP contribution in [-0.4, -0.2) is 15.2 Å². The zero-order chi connectivity index (χ0) is 13.7. The first kappa shape index (κ1) is 13.0. The summed E-state index contributed by atoms with van der Waals surface area (Å²) in [5, 5.41) is 16.8. The maximum atomic E-state index is 8.75. The average molecular weight is 254 g/mol. The van der Waals surface area contributed by atoms with Crippen LogP contribution in [0.2, 0.25) is 0 Å². The van der Waals surface area contributed by atoms with E-state index < -0.39 is 0 Å². The third-order valence-corrected chi connectivity index (χ3v) is 2.58. The lowest BCUT2D eigenvalue weighted by atomic mass is 10.1. The normalized spacial score (nSPS) is 10.2. The molecule has 0 aromatic carbocycles. The molecule has 0 amide bonds. The van der Waals surface area contributed by atoms with Gasteiger partial charge in [0.05, 0.1) is 5.69 Å². The van der Waals surface area contributed by atoms with E-state index in [1.165, 1.54) is 0 Å². The summed E-state index contributed by atoms with van der Waals surface area (Å²) in [6.45, 7) is 4.46. The summed E-state index contributed by atoms with van der Waals surface area (Å²) in [6, 6.07) is 9.19. The molecule has 0 unspecified atom stereocenters. The van der Waals surface area contributed by atoms with Crippen molar-refractivity contribution in [3.05, 3.63) is 47.4 Å². The van der Waals surface area contributed by atoms with Gasteiger partial charge >= 0.3 is 0 Å².